The Hall–Kier alpha value is -2.71. The van der Waals surface area contributed by atoms with Crippen molar-refractivity contribution in [2.75, 3.05) is 13.1 Å². The van der Waals surface area contributed by atoms with Crippen LogP contribution in [0.1, 0.15) is 48.0 Å². The standard InChI is InChI=1S/C23H29N3O4S/c27-22(19-10-5-2-6-11-19)24-14-15-25-23(28)20-12-7-13-21(16-20)31(29,30)26-17-18-8-3-1-4-9-18/h1,3-4,7-9,12-13,16,19,26H,2,5-6,10-11,14-15,17H2,(H,24,27)(H,25,28). The zero-order chi connectivity index (χ0) is 22.1. The van der Waals surface area contributed by atoms with E-state index in [1.165, 1.54) is 24.6 Å². The maximum absolute atomic E-state index is 12.6. The van der Waals surface area contributed by atoms with E-state index >= 15 is 0 Å². The summed E-state index contributed by atoms with van der Waals surface area (Å²) < 4.78 is 27.7. The van der Waals surface area contributed by atoms with Gasteiger partial charge in [-0.2, -0.15) is 0 Å². The molecule has 1 aliphatic carbocycles. The molecule has 2 amide bonds. The van der Waals surface area contributed by atoms with Crippen molar-refractivity contribution in [3.05, 3.63) is 65.7 Å². The highest BCUT2D eigenvalue weighted by Crippen LogP contribution is 2.23. The molecule has 8 heteroatoms. The molecule has 1 saturated carbocycles. The summed E-state index contributed by atoms with van der Waals surface area (Å²) in [5.74, 6) is -0.256. The van der Waals surface area contributed by atoms with Gasteiger partial charge in [-0.1, -0.05) is 55.7 Å². The Morgan fingerprint density at radius 3 is 2.32 bits per heavy atom. The van der Waals surface area contributed by atoms with Crippen molar-refractivity contribution in [1.82, 2.24) is 15.4 Å². The van der Waals surface area contributed by atoms with Crippen LogP contribution in [-0.4, -0.2) is 33.3 Å². The zero-order valence-electron chi connectivity index (χ0n) is 17.5. The largest absolute Gasteiger partial charge is 0.354 e. The quantitative estimate of drug-likeness (QED) is 0.518. The summed E-state index contributed by atoms with van der Waals surface area (Å²) >= 11 is 0. The number of rotatable bonds is 9. The second-order valence-electron chi connectivity index (χ2n) is 7.72. The van der Waals surface area contributed by atoms with Crippen LogP contribution < -0.4 is 15.4 Å². The lowest BCUT2D eigenvalue weighted by Gasteiger charge is -2.20. The summed E-state index contributed by atoms with van der Waals surface area (Å²) in [6.45, 7) is 0.790. The molecule has 0 radical (unpaired) electrons. The average Bonchev–Trinajstić information content (AvgIpc) is 2.81. The molecule has 0 aromatic heterocycles. The van der Waals surface area contributed by atoms with Gasteiger partial charge in [-0.3, -0.25) is 9.59 Å². The summed E-state index contributed by atoms with van der Waals surface area (Å²) in [6.07, 6.45) is 5.23. The molecule has 0 saturated heterocycles. The second kappa shape index (κ2) is 11.1. The van der Waals surface area contributed by atoms with E-state index in [0.717, 1.165) is 31.2 Å². The molecule has 7 nitrogen and oxygen atoms in total. The van der Waals surface area contributed by atoms with Crippen LogP contribution in [-0.2, 0) is 21.4 Å². The minimum atomic E-state index is -3.75. The van der Waals surface area contributed by atoms with E-state index < -0.39 is 10.0 Å². The van der Waals surface area contributed by atoms with E-state index in [1.807, 2.05) is 30.3 Å². The molecular formula is C23H29N3O4S. The maximum Gasteiger partial charge on any atom is 0.251 e. The molecular weight excluding hydrogens is 414 g/mol. The molecule has 1 fully saturated rings. The van der Waals surface area contributed by atoms with E-state index in [4.69, 9.17) is 0 Å². The van der Waals surface area contributed by atoms with Crippen LogP contribution in [0.3, 0.4) is 0 Å². The number of hydrogen-bond acceptors (Lipinski definition) is 4. The van der Waals surface area contributed by atoms with Gasteiger partial charge in [0.2, 0.25) is 15.9 Å². The van der Waals surface area contributed by atoms with Gasteiger partial charge < -0.3 is 10.6 Å². The zero-order valence-corrected chi connectivity index (χ0v) is 18.3. The Morgan fingerprint density at radius 2 is 1.58 bits per heavy atom. The number of nitrogens with one attached hydrogen (secondary N) is 3. The highest BCUT2D eigenvalue weighted by Gasteiger charge is 2.20. The molecule has 2 aromatic carbocycles. The first-order valence-electron chi connectivity index (χ1n) is 10.7. The third kappa shape index (κ3) is 6.90. The van der Waals surface area contributed by atoms with Crippen LogP contribution in [0.4, 0.5) is 0 Å². The van der Waals surface area contributed by atoms with Crippen molar-refractivity contribution in [2.45, 2.75) is 43.5 Å². The van der Waals surface area contributed by atoms with E-state index in [-0.39, 0.29) is 41.3 Å². The van der Waals surface area contributed by atoms with Crippen LogP contribution in [0, 0.1) is 5.92 Å². The fraction of sp³-hybridized carbons (Fsp3) is 0.391. The molecule has 0 aliphatic heterocycles. The second-order valence-corrected chi connectivity index (χ2v) is 9.49. The Morgan fingerprint density at radius 1 is 0.871 bits per heavy atom. The molecule has 0 spiro atoms. The summed E-state index contributed by atoms with van der Waals surface area (Å²) in [5, 5.41) is 5.59. The van der Waals surface area contributed by atoms with Gasteiger partial charge >= 0.3 is 0 Å². The monoisotopic (exact) mass is 443 g/mol. The molecule has 1 aliphatic rings. The minimum Gasteiger partial charge on any atom is -0.354 e. The smallest absolute Gasteiger partial charge is 0.251 e. The average molecular weight is 444 g/mol. The molecule has 0 bridgehead atoms. The van der Waals surface area contributed by atoms with Crippen molar-refractivity contribution in [1.29, 1.82) is 0 Å². The van der Waals surface area contributed by atoms with Crippen molar-refractivity contribution in [2.24, 2.45) is 5.92 Å². The van der Waals surface area contributed by atoms with Gasteiger partial charge in [0, 0.05) is 31.1 Å². The number of carbonyl (C=O) groups is 2. The molecule has 0 atom stereocenters. The molecule has 2 aromatic rings. The summed E-state index contributed by atoms with van der Waals surface area (Å²) in [4.78, 5) is 24.6. The van der Waals surface area contributed by atoms with Crippen LogP contribution in [0.15, 0.2) is 59.5 Å². The van der Waals surface area contributed by atoms with Crippen molar-refractivity contribution < 1.29 is 18.0 Å². The van der Waals surface area contributed by atoms with E-state index in [9.17, 15) is 18.0 Å². The first-order chi connectivity index (χ1) is 15.0. The first-order valence-corrected chi connectivity index (χ1v) is 12.1. The van der Waals surface area contributed by atoms with Gasteiger partial charge in [-0.15, -0.1) is 0 Å². The lowest BCUT2D eigenvalue weighted by Crippen LogP contribution is -2.38. The molecule has 0 heterocycles. The van der Waals surface area contributed by atoms with Gasteiger partial charge in [-0.25, -0.2) is 13.1 Å². The van der Waals surface area contributed by atoms with Gasteiger partial charge in [-0.05, 0) is 36.6 Å². The number of benzene rings is 2. The highest BCUT2D eigenvalue weighted by atomic mass is 32.2. The van der Waals surface area contributed by atoms with E-state index in [1.54, 1.807) is 6.07 Å². The third-order valence-electron chi connectivity index (χ3n) is 5.40. The molecule has 3 N–H and O–H groups in total. The number of sulfonamides is 1. The number of carbonyl (C=O) groups excluding carboxylic acids is 2. The van der Waals surface area contributed by atoms with Crippen LogP contribution in [0.25, 0.3) is 0 Å². The normalized spacial score (nSPS) is 14.7. The van der Waals surface area contributed by atoms with Crippen LogP contribution >= 0.6 is 0 Å². The molecule has 31 heavy (non-hydrogen) atoms. The number of hydrogen-bond donors (Lipinski definition) is 3. The Balaban J connectivity index is 1.49. The summed E-state index contributed by atoms with van der Waals surface area (Å²) in [6, 6.07) is 15.1. The predicted molar refractivity (Wildman–Crippen MR) is 119 cm³/mol. The maximum atomic E-state index is 12.6. The SMILES string of the molecule is O=C(NCCNC(=O)C1CCCCC1)c1cccc(S(=O)(=O)NCc2ccccc2)c1. The van der Waals surface area contributed by atoms with Crippen LogP contribution in [0.5, 0.6) is 0 Å². The predicted octanol–water partition coefficient (Wildman–Crippen LogP) is 2.59. The third-order valence-corrected chi connectivity index (χ3v) is 6.80. The van der Waals surface area contributed by atoms with Crippen LogP contribution in [0.2, 0.25) is 0 Å². The Bertz CT molecular complexity index is 987. The fourth-order valence-corrected chi connectivity index (χ4v) is 4.70. The first kappa shape index (κ1) is 23.0. The topological polar surface area (TPSA) is 104 Å². The van der Waals surface area contributed by atoms with E-state index in [2.05, 4.69) is 15.4 Å². The van der Waals surface area contributed by atoms with Gasteiger partial charge in [0.05, 0.1) is 4.90 Å². The lowest BCUT2D eigenvalue weighted by atomic mass is 9.89. The molecule has 166 valence electrons. The summed E-state index contributed by atoms with van der Waals surface area (Å²) in [5.41, 5.74) is 1.09. The van der Waals surface area contributed by atoms with Gasteiger partial charge in [0.1, 0.15) is 0 Å². The number of amides is 2. The molecule has 0 unspecified atom stereocenters. The van der Waals surface area contributed by atoms with Crippen molar-refractivity contribution >= 4 is 21.8 Å². The van der Waals surface area contributed by atoms with Gasteiger partial charge in [0.15, 0.2) is 0 Å². The Labute approximate surface area is 183 Å². The fourth-order valence-electron chi connectivity index (χ4n) is 3.63. The Kier molecular flexibility index (Phi) is 8.20. The highest BCUT2D eigenvalue weighted by molar-refractivity contribution is 7.89. The molecule has 3 rings (SSSR count). The van der Waals surface area contributed by atoms with E-state index in [0.29, 0.717) is 6.54 Å². The lowest BCUT2D eigenvalue weighted by molar-refractivity contribution is -0.125. The van der Waals surface area contributed by atoms with Gasteiger partial charge in [0.25, 0.3) is 5.91 Å². The van der Waals surface area contributed by atoms with Crippen molar-refractivity contribution in [3.8, 4) is 0 Å². The minimum absolute atomic E-state index is 0.0293. The van der Waals surface area contributed by atoms with Crippen molar-refractivity contribution in [3.63, 3.8) is 0 Å². The summed E-state index contributed by atoms with van der Waals surface area (Å²) in [7, 11) is -3.75.